The Balaban J connectivity index is 2.37. The van der Waals surface area contributed by atoms with Crippen molar-refractivity contribution in [3.63, 3.8) is 0 Å². The van der Waals surface area contributed by atoms with Gasteiger partial charge in [-0.05, 0) is 18.1 Å². The van der Waals surface area contributed by atoms with Crippen LogP contribution in [0.4, 0.5) is 0 Å². The van der Waals surface area contributed by atoms with Gasteiger partial charge in [0.25, 0.3) is 0 Å². The molecule has 0 bridgehead atoms. The highest BCUT2D eigenvalue weighted by molar-refractivity contribution is 5.48. The molecular weight excluding hydrogens is 164 g/mol. The van der Waals surface area contributed by atoms with Crippen molar-refractivity contribution >= 4 is 0 Å². The number of fused-ring (bicyclic) bond motifs is 1. The number of para-hydroxylation sites is 1. The minimum Gasteiger partial charge on any atom is -0.458 e. The van der Waals surface area contributed by atoms with Crippen LogP contribution < -0.4 is 9.47 Å². The lowest BCUT2D eigenvalue weighted by atomic mass is 10.1. The number of ether oxygens (including phenoxy) is 2. The fourth-order valence-electron chi connectivity index (χ4n) is 1.45. The van der Waals surface area contributed by atoms with Crippen LogP contribution in [0.25, 0.3) is 0 Å². The number of rotatable bonds is 2. The van der Waals surface area contributed by atoms with Crippen molar-refractivity contribution < 1.29 is 9.47 Å². The summed E-state index contributed by atoms with van der Waals surface area (Å²) in [5.74, 6) is 1.68. The zero-order chi connectivity index (χ0) is 9.10. The summed E-state index contributed by atoms with van der Waals surface area (Å²) in [6.07, 6.45) is 5.27. The lowest BCUT2D eigenvalue weighted by Crippen LogP contribution is -1.99. The van der Waals surface area contributed by atoms with E-state index < -0.39 is 0 Å². The topological polar surface area (TPSA) is 18.5 Å². The molecule has 0 fully saturated rings. The SMILES string of the molecule is CCCc1cccc2c1OC=CO2. The molecule has 0 saturated carbocycles. The van der Waals surface area contributed by atoms with Crippen LogP contribution in [-0.2, 0) is 6.42 Å². The van der Waals surface area contributed by atoms with Crippen molar-refractivity contribution in [1.82, 2.24) is 0 Å². The summed E-state index contributed by atoms with van der Waals surface area (Å²) in [5, 5.41) is 0. The van der Waals surface area contributed by atoms with Crippen LogP contribution >= 0.6 is 0 Å². The molecule has 0 saturated heterocycles. The molecule has 2 nitrogen and oxygen atoms in total. The molecular formula is C11H12O2. The molecule has 0 unspecified atom stereocenters. The standard InChI is InChI=1S/C11H12O2/c1-2-4-9-5-3-6-10-11(9)13-8-7-12-10/h3,5-8H,2,4H2,1H3. The van der Waals surface area contributed by atoms with Crippen molar-refractivity contribution in [1.29, 1.82) is 0 Å². The summed E-state index contributed by atoms with van der Waals surface area (Å²) in [5.41, 5.74) is 1.21. The number of hydrogen-bond donors (Lipinski definition) is 0. The Labute approximate surface area is 77.8 Å². The highest BCUT2D eigenvalue weighted by Gasteiger charge is 2.11. The molecule has 1 aliphatic rings. The van der Waals surface area contributed by atoms with E-state index in [9.17, 15) is 0 Å². The normalized spacial score (nSPS) is 13.0. The number of benzene rings is 1. The highest BCUT2D eigenvalue weighted by atomic mass is 16.5. The second kappa shape index (κ2) is 3.52. The van der Waals surface area contributed by atoms with E-state index >= 15 is 0 Å². The van der Waals surface area contributed by atoms with Crippen molar-refractivity contribution in [3.8, 4) is 11.5 Å². The monoisotopic (exact) mass is 176 g/mol. The first kappa shape index (κ1) is 8.17. The molecule has 13 heavy (non-hydrogen) atoms. The molecule has 0 spiro atoms. The van der Waals surface area contributed by atoms with Crippen molar-refractivity contribution in [3.05, 3.63) is 36.3 Å². The van der Waals surface area contributed by atoms with Gasteiger partial charge in [0.2, 0.25) is 0 Å². The molecule has 0 aromatic heterocycles. The average molecular weight is 176 g/mol. The first-order chi connectivity index (χ1) is 6.42. The molecule has 1 aromatic rings. The van der Waals surface area contributed by atoms with Crippen molar-refractivity contribution in [2.75, 3.05) is 0 Å². The number of hydrogen-bond acceptors (Lipinski definition) is 2. The quantitative estimate of drug-likeness (QED) is 0.689. The van der Waals surface area contributed by atoms with Gasteiger partial charge in [-0.3, -0.25) is 0 Å². The largest absolute Gasteiger partial charge is 0.458 e. The van der Waals surface area contributed by atoms with Gasteiger partial charge < -0.3 is 9.47 Å². The second-order valence-electron chi connectivity index (χ2n) is 3.00. The maximum atomic E-state index is 5.40. The first-order valence-corrected chi connectivity index (χ1v) is 4.52. The summed E-state index contributed by atoms with van der Waals surface area (Å²) in [6, 6.07) is 5.98. The minimum atomic E-state index is 0.813. The Hall–Kier alpha value is -1.44. The molecule has 1 aliphatic heterocycles. The van der Waals surface area contributed by atoms with Gasteiger partial charge in [-0.25, -0.2) is 0 Å². The lowest BCUT2D eigenvalue weighted by molar-refractivity contribution is 0.358. The summed E-state index contributed by atoms with van der Waals surface area (Å²) >= 11 is 0. The van der Waals surface area contributed by atoms with Gasteiger partial charge in [0, 0.05) is 0 Å². The van der Waals surface area contributed by atoms with E-state index in [1.165, 1.54) is 5.56 Å². The van der Waals surface area contributed by atoms with Crippen LogP contribution in [0.5, 0.6) is 11.5 Å². The molecule has 1 heterocycles. The summed E-state index contributed by atoms with van der Waals surface area (Å²) < 4.78 is 10.7. The zero-order valence-corrected chi connectivity index (χ0v) is 7.62. The van der Waals surface area contributed by atoms with Gasteiger partial charge in [0.15, 0.2) is 11.5 Å². The summed E-state index contributed by atoms with van der Waals surface area (Å²) in [7, 11) is 0. The maximum Gasteiger partial charge on any atom is 0.172 e. The summed E-state index contributed by atoms with van der Waals surface area (Å²) in [6.45, 7) is 2.15. The van der Waals surface area contributed by atoms with Gasteiger partial charge in [-0.15, -0.1) is 0 Å². The molecule has 2 heteroatoms. The molecule has 0 radical (unpaired) electrons. The zero-order valence-electron chi connectivity index (χ0n) is 7.62. The molecule has 2 rings (SSSR count). The van der Waals surface area contributed by atoms with E-state index in [1.807, 2.05) is 12.1 Å². The third-order valence-electron chi connectivity index (χ3n) is 2.02. The van der Waals surface area contributed by atoms with Crippen LogP contribution in [-0.4, -0.2) is 0 Å². The van der Waals surface area contributed by atoms with E-state index in [-0.39, 0.29) is 0 Å². The predicted molar refractivity (Wildman–Crippen MR) is 50.8 cm³/mol. The lowest BCUT2D eigenvalue weighted by Gasteiger charge is -2.15. The van der Waals surface area contributed by atoms with Gasteiger partial charge in [0.05, 0.1) is 0 Å². The van der Waals surface area contributed by atoms with E-state index in [0.717, 1.165) is 24.3 Å². The van der Waals surface area contributed by atoms with Crippen LogP contribution in [0.1, 0.15) is 18.9 Å². The highest BCUT2D eigenvalue weighted by Crippen LogP contribution is 2.34. The number of aryl methyl sites for hydroxylation is 1. The third kappa shape index (κ3) is 1.52. The van der Waals surface area contributed by atoms with Gasteiger partial charge >= 0.3 is 0 Å². The fourth-order valence-corrected chi connectivity index (χ4v) is 1.45. The van der Waals surface area contributed by atoms with Crippen molar-refractivity contribution in [2.45, 2.75) is 19.8 Å². The van der Waals surface area contributed by atoms with E-state index in [0.29, 0.717) is 0 Å². The smallest absolute Gasteiger partial charge is 0.172 e. The second-order valence-corrected chi connectivity index (χ2v) is 3.00. The van der Waals surface area contributed by atoms with Crippen LogP contribution in [0.2, 0.25) is 0 Å². The Bertz CT molecular complexity index is 329. The van der Waals surface area contributed by atoms with Crippen LogP contribution in [0.15, 0.2) is 30.7 Å². The molecule has 0 aliphatic carbocycles. The van der Waals surface area contributed by atoms with Crippen LogP contribution in [0.3, 0.4) is 0 Å². The minimum absolute atomic E-state index is 0.813. The molecule has 0 atom stereocenters. The Morgan fingerprint density at radius 2 is 2.00 bits per heavy atom. The Morgan fingerprint density at radius 3 is 2.85 bits per heavy atom. The molecule has 0 amide bonds. The third-order valence-corrected chi connectivity index (χ3v) is 2.02. The molecule has 0 N–H and O–H groups in total. The van der Waals surface area contributed by atoms with Crippen molar-refractivity contribution in [2.24, 2.45) is 0 Å². The maximum absolute atomic E-state index is 5.40. The van der Waals surface area contributed by atoms with Gasteiger partial charge in [0.1, 0.15) is 12.5 Å². The molecule has 1 aromatic carbocycles. The fraction of sp³-hybridized carbons (Fsp3) is 0.273. The summed E-state index contributed by atoms with van der Waals surface area (Å²) in [4.78, 5) is 0. The predicted octanol–water partition coefficient (Wildman–Crippen LogP) is 2.88. The Kier molecular flexibility index (Phi) is 2.21. The van der Waals surface area contributed by atoms with E-state index in [2.05, 4.69) is 13.0 Å². The van der Waals surface area contributed by atoms with Crippen LogP contribution in [0, 0.1) is 0 Å². The average Bonchev–Trinajstić information content (AvgIpc) is 2.19. The van der Waals surface area contributed by atoms with E-state index in [4.69, 9.17) is 9.47 Å². The van der Waals surface area contributed by atoms with Gasteiger partial charge in [-0.2, -0.15) is 0 Å². The molecule has 68 valence electrons. The first-order valence-electron chi connectivity index (χ1n) is 4.52. The van der Waals surface area contributed by atoms with Gasteiger partial charge in [-0.1, -0.05) is 25.5 Å². The van der Waals surface area contributed by atoms with E-state index in [1.54, 1.807) is 12.5 Å². The Morgan fingerprint density at radius 1 is 1.15 bits per heavy atom.